The van der Waals surface area contributed by atoms with Crippen LogP contribution in [-0.4, -0.2) is 4.98 Å². The van der Waals surface area contributed by atoms with Crippen LogP contribution in [0.2, 0.25) is 0 Å². The van der Waals surface area contributed by atoms with Crippen LogP contribution < -0.4 is 0 Å². The van der Waals surface area contributed by atoms with Crippen molar-refractivity contribution < 1.29 is 0 Å². The van der Waals surface area contributed by atoms with Crippen molar-refractivity contribution in [3.05, 3.63) is 40.5 Å². The molecule has 0 atom stereocenters. The number of fused-ring (bicyclic) bond motifs is 1. The normalized spacial score (nSPS) is 12.0. The van der Waals surface area contributed by atoms with Gasteiger partial charge in [-0.1, -0.05) is 42.8 Å². The van der Waals surface area contributed by atoms with Crippen LogP contribution in [0, 0.1) is 0 Å². The van der Waals surface area contributed by atoms with Gasteiger partial charge in [-0.15, -0.1) is 0 Å². The van der Waals surface area contributed by atoms with Crippen LogP contribution in [0.4, 0.5) is 0 Å². The Morgan fingerprint density at radius 3 is 2.53 bits per heavy atom. The van der Waals surface area contributed by atoms with E-state index < -0.39 is 0 Å². The fourth-order valence-corrected chi connectivity index (χ4v) is 2.02. The summed E-state index contributed by atoms with van der Waals surface area (Å²) in [6.45, 7) is 6.66. The minimum Gasteiger partial charge on any atom is -0.256 e. The smallest absolute Gasteiger partial charge is 0.0713 e. The topological polar surface area (TPSA) is 12.9 Å². The number of pyridine rings is 1. The van der Waals surface area contributed by atoms with Crippen molar-refractivity contribution in [2.45, 2.75) is 26.2 Å². The molecule has 1 nitrogen and oxygen atoms in total. The number of rotatable bonds is 0. The van der Waals surface area contributed by atoms with Crippen molar-refractivity contribution in [3.8, 4) is 0 Å². The number of hydrogen-bond acceptors (Lipinski definition) is 1. The quantitative estimate of drug-likeness (QED) is 0.691. The maximum atomic E-state index is 4.34. The third-order valence-electron chi connectivity index (χ3n) is 2.55. The molecule has 2 rings (SSSR count). The molecule has 0 fully saturated rings. The lowest BCUT2D eigenvalue weighted by Crippen LogP contribution is -2.10. The summed E-state index contributed by atoms with van der Waals surface area (Å²) in [5.74, 6) is 0. The molecule has 0 radical (unpaired) electrons. The highest BCUT2D eigenvalue weighted by Gasteiger charge is 2.14. The minimum absolute atomic E-state index is 0.184. The molecular formula is C13H14BrN. The molecule has 15 heavy (non-hydrogen) atoms. The molecular weight excluding hydrogens is 250 g/mol. The lowest BCUT2D eigenvalue weighted by Gasteiger charge is -2.19. The Balaban J connectivity index is 2.70. The Morgan fingerprint density at radius 1 is 1.13 bits per heavy atom. The SMILES string of the molecule is CC(C)(C)c1ccc2nccc(Br)c2c1. The maximum Gasteiger partial charge on any atom is 0.0713 e. The number of aromatic nitrogens is 1. The predicted octanol–water partition coefficient (Wildman–Crippen LogP) is 4.29. The third kappa shape index (κ3) is 2.05. The van der Waals surface area contributed by atoms with Crippen LogP contribution in [0.25, 0.3) is 10.9 Å². The molecule has 2 aromatic rings. The molecule has 0 unspecified atom stereocenters. The molecule has 0 aliphatic carbocycles. The van der Waals surface area contributed by atoms with Gasteiger partial charge in [-0.2, -0.15) is 0 Å². The third-order valence-corrected chi connectivity index (χ3v) is 3.25. The Labute approximate surface area is 98.7 Å². The predicted molar refractivity (Wildman–Crippen MR) is 68.1 cm³/mol. The highest BCUT2D eigenvalue weighted by Crippen LogP contribution is 2.28. The molecule has 0 bridgehead atoms. The van der Waals surface area contributed by atoms with E-state index in [9.17, 15) is 0 Å². The van der Waals surface area contributed by atoms with Crippen LogP contribution in [0.5, 0.6) is 0 Å². The highest BCUT2D eigenvalue weighted by atomic mass is 79.9. The summed E-state index contributed by atoms with van der Waals surface area (Å²) in [4.78, 5) is 4.34. The second-order valence-corrected chi connectivity index (χ2v) is 5.63. The molecule has 0 N–H and O–H groups in total. The lowest BCUT2D eigenvalue weighted by atomic mass is 9.86. The first-order valence-corrected chi connectivity index (χ1v) is 5.82. The van der Waals surface area contributed by atoms with Gasteiger partial charge in [0, 0.05) is 16.1 Å². The number of benzene rings is 1. The van der Waals surface area contributed by atoms with Gasteiger partial charge in [0.1, 0.15) is 0 Å². The van der Waals surface area contributed by atoms with Crippen LogP contribution in [0.15, 0.2) is 34.9 Å². The number of halogens is 1. The van der Waals surface area contributed by atoms with E-state index in [1.165, 1.54) is 10.9 Å². The molecule has 0 amide bonds. The Kier molecular flexibility index (Phi) is 2.55. The zero-order chi connectivity index (χ0) is 11.1. The summed E-state index contributed by atoms with van der Waals surface area (Å²) >= 11 is 3.56. The second-order valence-electron chi connectivity index (χ2n) is 4.77. The molecule has 1 aromatic heterocycles. The van der Waals surface area contributed by atoms with E-state index in [1.807, 2.05) is 12.3 Å². The molecule has 2 heteroatoms. The molecule has 0 aliphatic heterocycles. The Morgan fingerprint density at radius 2 is 1.87 bits per heavy atom. The summed E-state index contributed by atoms with van der Waals surface area (Å²) in [6, 6.07) is 8.43. The fourth-order valence-electron chi connectivity index (χ4n) is 1.58. The standard InChI is InChI=1S/C13H14BrN/c1-13(2,3)9-4-5-12-10(8-9)11(14)6-7-15-12/h4-8H,1-3H3. The van der Waals surface area contributed by atoms with Crippen molar-refractivity contribution in [1.82, 2.24) is 4.98 Å². The van der Waals surface area contributed by atoms with E-state index in [-0.39, 0.29) is 5.41 Å². The van der Waals surface area contributed by atoms with E-state index in [1.54, 1.807) is 0 Å². The molecule has 0 saturated carbocycles. The molecule has 0 saturated heterocycles. The van der Waals surface area contributed by atoms with Crippen molar-refractivity contribution in [3.63, 3.8) is 0 Å². The van der Waals surface area contributed by atoms with Gasteiger partial charge in [0.2, 0.25) is 0 Å². The monoisotopic (exact) mass is 263 g/mol. The van der Waals surface area contributed by atoms with Gasteiger partial charge in [0.15, 0.2) is 0 Å². The average Bonchev–Trinajstić information content (AvgIpc) is 2.16. The Hall–Kier alpha value is -0.890. The van der Waals surface area contributed by atoms with Crippen LogP contribution >= 0.6 is 15.9 Å². The zero-order valence-corrected chi connectivity index (χ0v) is 10.8. The molecule has 1 aromatic carbocycles. The summed E-state index contributed by atoms with van der Waals surface area (Å²) in [5.41, 5.74) is 2.56. The van der Waals surface area contributed by atoms with Gasteiger partial charge in [-0.25, -0.2) is 0 Å². The van der Waals surface area contributed by atoms with Crippen molar-refractivity contribution in [2.24, 2.45) is 0 Å². The summed E-state index contributed by atoms with van der Waals surface area (Å²) < 4.78 is 1.11. The van der Waals surface area contributed by atoms with E-state index in [4.69, 9.17) is 0 Å². The summed E-state index contributed by atoms with van der Waals surface area (Å²) in [7, 11) is 0. The number of hydrogen-bond donors (Lipinski definition) is 0. The van der Waals surface area contributed by atoms with Crippen LogP contribution in [0.1, 0.15) is 26.3 Å². The average molecular weight is 264 g/mol. The minimum atomic E-state index is 0.184. The fraction of sp³-hybridized carbons (Fsp3) is 0.308. The van der Waals surface area contributed by atoms with E-state index in [2.05, 4.69) is 59.9 Å². The highest BCUT2D eigenvalue weighted by molar-refractivity contribution is 9.10. The first kappa shape index (κ1) is 10.6. The van der Waals surface area contributed by atoms with Gasteiger partial charge in [0.25, 0.3) is 0 Å². The zero-order valence-electron chi connectivity index (χ0n) is 9.21. The van der Waals surface area contributed by atoms with Crippen molar-refractivity contribution >= 4 is 26.8 Å². The maximum absolute atomic E-state index is 4.34. The summed E-state index contributed by atoms with van der Waals surface area (Å²) in [5, 5.41) is 1.19. The second kappa shape index (κ2) is 3.60. The van der Waals surface area contributed by atoms with Crippen molar-refractivity contribution in [2.75, 3.05) is 0 Å². The first-order chi connectivity index (χ1) is 6.98. The van der Waals surface area contributed by atoms with Gasteiger partial charge >= 0.3 is 0 Å². The van der Waals surface area contributed by atoms with Crippen LogP contribution in [-0.2, 0) is 5.41 Å². The first-order valence-electron chi connectivity index (χ1n) is 5.03. The molecule has 1 heterocycles. The molecule has 0 aliphatic rings. The van der Waals surface area contributed by atoms with Gasteiger partial charge < -0.3 is 0 Å². The number of nitrogens with zero attached hydrogens (tertiary/aromatic N) is 1. The Bertz CT molecular complexity index is 497. The van der Waals surface area contributed by atoms with Gasteiger partial charge in [-0.05, 0) is 29.2 Å². The van der Waals surface area contributed by atoms with E-state index >= 15 is 0 Å². The van der Waals surface area contributed by atoms with Gasteiger partial charge in [0.05, 0.1) is 5.52 Å². The molecule has 78 valence electrons. The van der Waals surface area contributed by atoms with E-state index in [0.717, 1.165) is 9.99 Å². The van der Waals surface area contributed by atoms with Gasteiger partial charge in [-0.3, -0.25) is 4.98 Å². The van der Waals surface area contributed by atoms with E-state index in [0.29, 0.717) is 0 Å². The molecule has 0 spiro atoms. The summed E-state index contributed by atoms with van der Waals surface area (Å²) in [6.07, 6.45) is 1.82. The van der Waals surface area contributed by atoms with Crippen molar-refractivity contribution in [1.29, 1.82) is 0 Å². The van der Waals surface area contributed by atoms with Crippen LogP contribution in [0.3, 0.4) is 0 Å². The lowest BCUT2D eigenvalue weighted by molar-refractivity contribution is 0.591. The largest absolute Gasteiger partial charge is 0.256 e.